The van der Waals surface area contributed by atoms with Crippen LogP contribution in [0.2, 0.25) is 5.02 Å². The maximum absolute atomic E-state index is 6.11. The van der Waals surface area contributed by atoms with Gasteiger partial charge in [-0.1, -0.05) is 36.7 Å². The Morgan fingerprint density at radius 2 is 2.06 bits per heavy atom. The van der Waals surface area contributed by atoms with Crippen molar-refractivity contribution in [1.29, 1.82) is 0 Å². The quantitative estimate of drug-likeness (QED) is 0.687. The first-order chi connectivity index (χ1) is 8.69. The van der Waals surface area contributed by atoms with Gasteiger partial charge >= 0.3 is 0 Å². The van der Waals surface area contributed by atoms with Crippen molar-refractivity contribution in [2.75, 3.05) is 5.73 Å². The summed E-state index contributed by atoms with van der Waals surface area (Å²) in [7, 11) is 0. The summed E-state index contributed by atoms with van der Waals surface area (Å²) in [6, 6.07) is 9.60. The van der Waals surface area contributed by atoms with E-state index in [9.17, 15) is 0 Å². The van der Waals surface area contributed by atoms with Crippen LogP contribution in [0.3, 0.4) is 0 Å². The lowest BCUT2D eigenvalue weighted by Gasteiger charge is -2.05. The standard InChI is InChI=1S/C13H14ClN3S/c1-2-12-16-11(15)7-13(17-12)18-8-9-5-3-4-6-10(9)14/h3-7H,2,8H2,1H3,(H2,15,16,17). The summed E-state index contributed by atoms with van der Waals surface area (Å²) in [4.78, 5) is 8.58. The van der Waals surface area contributed by atoms with E-state index in [1.807, 2.05) is 31.2 Å². The summed E-state index contributed by atoms with van der Waals surface area (Å²) in [6.45, 7) is 2.01. The SMILES string of the molecule is CCc1nc(N)cc(SCc2ccccc2Cl)n1. The third-order valence-corrected chi connectivity index (χ3v) is 3.75. The molecule has 0 saturated carbocycles. The first-order valence-corrected chi connectivity index (χ1v) is 7.05. The van der Waals surface area contributed by atoms with Gasteiger partial charge in [-0.05, 0) is 11.6 Å². The molecule has 2 aromatic rings. The van der Waals surface area contributed by atoms with Crippen LogP contribution in [0.1, 0.15) is 18.3 Å². The average Bonchev–Trinajstić information content (AvgIpc) is 2.37. The fourth-order valence-electron chi connectivity index (χ4n) is 1.49. The Morgan fingerprint density at radius 3 is 2.78 bits per heavy atom. The molecule has 2 rings (SSSR count). The van der Waals surface area contributed by atoms with Crippen LogP contribution in [0.25, 0.3) is 0 Å². The molecule has 2 N–H and O–H groups in total. The van der Waals surface area contributed by atoms with Crippen LogP contribution < -0.4 is 5.73 Å². The predicted octanol–water partition coefficient (Wildman–Crippen LogP) is 3.57. The summed E-state index contributed by atoms with van der Waals surface area (Å²) in [6.07, 6.45) is 0.782. The van der Waals surface area contributed by atoms with Gasteiger partial charge < -0.3 is 5.73 Å². The van der Waals surface area contributed by atoms with Crippen molar-refractivity contribution in [3.8, 4) is 0 Å². The summed E-state index contributed by atoms with van der Waals surface area (Å²) in [5.74, 6) is 2.07. The first-order valence-electron chi connectivity index (χ1n) is 5.68. The molecule has 3 nitrogen and oxygen atoms in total. The average molecular weight is 280 g/mol. The summed E-state index contributed by atoms with van der Waals surface area (Å²) in [5.41, 5.74) is 6.84. The highest BCUT2D eigenvalue weighted by Crippen LogP contribution is 2.26. The largest absolute Gasteiger partial charge is 0.384 e. The number of hydrogen-bond acceptors (Lipinski definition) is 4. The number of benzene rings is 1. The zero-order valence-corrected chi connectivity index (χ0v) is 11.6. The Hall–Kier alpha value is -1.26. The fourth-order valence-corrected chi connectivity index (χ4v) is 2.70. The van der Waals surface area contributed by atoms with E-state index < -0.39 is 0 Å². The molecule has 0 unspecified atom stereocenters. The van der Waals surface area contributed by atoms with Crippen LogP contribution in [0.5, 0.6) is 0 Å². The number of nitrogen functional groups attached to an aromatic ring is 1. The number of halogens is 1. The minimum absolute atomic E-state index is 0.517. The molecule has 0 aliphatic carbocycles. The Labute approximate surface area is 116 Å². The van der Waals surface area contributed by atoms with Crippen LogP contribution in [0, 0.1) is 0 Å². The molecule has 0 fully saturated rings. The predicted molar refractivity (Wildman–Crippen MR) is 76.8 cm³/mol. The smallest absolute Gasteiger partial charge is 0.131 e. The van der Waals surface area contributed by atoms with Crippen molar-refractivity contribution in [2.24, 2.45) is 0 Å². The van der Waals surface area contributed by atoms with Gasteiger partial charge in [-0.15, -0.1) is 11.8 Å². The second kappa shape index (κ2) is 6.07. The van der Waals surface area contributed by atoms with Gasteiger partial charge in [0, 0.05) is 23.3 Å². The minimum atomic E-state index is 0.517. The van der Waals surface area contributed by atoms with Gasteiger partial charge in [0.2, 0.25) is 0 Å². The molecule has 1 heterocycles. The number of nitrogens with zero attached hydrogens (tertiary/aromatic N) is 2. The molecule has 18 heavy (non-hydrogen) atoms. The number of nitrogens with two attached hydrogens (primary N) is 1. The Kier molecular flexibility index (Phi) is 4.44. The highest BCUT2D eigenvalue weighted by atomic mass is 35.5. The second-order valence-electron chi connectivity index (χ2n) is 3.78. The molecule has 0 radical (unpaired) electrons. The Morgan fingerprint density at radius 1 is 1.28 bits per heavy atom. The molecule has 0 bridgehead atoms. The number of aromatic nitrogens is 2. The molecular formula is C13H14ClN3S. The number of hydrogen-bond donors (Lipinski definition) is 1. The number of anilines is 1. The van der Waals surface area contributed by atoms with Gasteiger partial charge in [0.05, 0.1) is 0 Å². The zero-order chi connectivity index (χ0) is 13.0. The van der Waals surface area contributed by atoms with E-state index in [0.29, 0.717) is 5.82 Å². The van der Waals surface area contributed by atoms with E-state index in [1.165, 1.54) is 0 Å². The highest BCUT2D eigenvalue weighted by molar-refractivity contribution is 7.98. The van der Waals surface area contributed by atoms with Gasteiger partial charge in [0.15, 0.2) is 0 Å². The number of rotatable bonds is 4. The molecule has 0 aliphatic rings. The molecule has 0 spiro atoms. The van der Waals surface area contributed by atoms with Crippen molar-refractivity contribution in [3.63, 3.8) is 0 Å². The van der Waals surface area contributed by atoms with Crippen molar-refractivity contribution in [1.82, 2.24) is 9.97 Å². The second-order valence-corrected chi connectivity index (χ2v) is 5.18. The van der Waals surface area contributed by atoms with Crippen LogP contribution in [-0.2, 0) is 12.2 Å². The van der Waals surface area contributed by atoms with Gasteiger partial charge in [0.25, 0.3) is 0 Å². The van der Waals surface area contributed by atoms with Crippen LogP contribution in [0.4, 0.5) is 5.82 Å². The normalized spacial score (nSPS) is 10.6. The molecule has 5 heteroatoms. The Balaban J connectivity index is 2.11. The van der Waals surface area contributed by atoms with Crippen molar-refractivity contribution in [3.05, 3.63) is 46.7 Å². The number of thioether (sulfide) groups is 1. The third kappa shape index (κ3) is 3.37. The van der Waals surface area contributed by atoms with Crippen molar-refractivity contribution in [2.45, 2.75) is 24.1 Å². The van der Waals surface area contributed by atoms with Gasteiger partial charge in [-0.2, -0.15) is 0 Å². The zero-order valence-electron chi connectivity index (χ0n) is 10.1. The van der Waals surface area contributed by atoms with Crippen LogP contribution in [0.15, 0.2) is 35.4 Å². The van der Waals surface area contributed by atoms with Gasteiger partial charge in [-0.25, -0.2) is 9.97 Å². The van der Waals surface area contributed by atoms with E-state index in [0.717, 1.165) is 33.6 Å². The first kappa shape index (κ1) is 13.2. The molecule has 1 aromatic heterocycles. The molecule has 1 aromatic carbocycles. The van der Waals surface area contributed by atoms with Crippen molar-refractivity contribution >= 4 is 29.2 Å². The van der Waals surface area contributed by atoms with E-state index in [2.05, 4.69) is 9.97 Å². The number of aryl methyl sites for hydroxylation is 1. The molecule has 94 valence electrons. The van der Waals surface area contributed by atoms with E-state index in [1.54, 1.807) is 17.8 Å². The highest BCUT2D eigenvalue weighted by Gasteiger charge is 2.04. The maximum Gasteiger partial charge on any atom is 0.131 e. The molecule has 0 saturated heterocycles. The van der Waals surface area contributed by atoms with Crippen LogP contribution in [-0.4, -0.2) is 9.97 Å². The topological polar surface area (TPSA) is 51.8 Å². The maximum atomic E-state index is 6.11. The van der Waals surface area contributed by atoms with Gasteiger partial charge in [-0.3, -0.25) is 0 Å². The van der Waals surface area contributed by atoms with Crippen LogP contribution >= 0.6 is 23.4 Å². The van der Waals surface area contributed by atoms with E-state index in [-0.39, 0.29) is 0 Å². The molecule has 0 atom stereocenters. The third-order valence-electron chi connectivity index (χ3n) is 2.42. The Bertz CT molecular complexity index is 546. The van der Waals surface area contributed by atoms with Gasteiger partial charge in [0.1, 0.15) is 16.7 Å². The lowest BCUT2D eigenvalue weighted by Crippen LogP contribution is -1.99. The summed E-state index contributed by atoms with van der Waals surface area (Å²) < 4.78 is 0. The molecular weight excluding hydrogens is 266 g/mol. The molecule has 0 amide bonds. The summed E-state index contributed by atoms with van der Waals surface area (Å²) in [5, 5.41) is 1.67. The van der Waals surface area contributed by atoms with E-state index >= 15 is 0 Å². The monoisotopic (exact) mass is 279 g/mol. The van der Waals surface area contributed by atoms with E-state index in [4.69, 9.17) is 17.3 Å². The minimum Gasteiger partial charge on any atom is -0.384 e. The lowest BCUT2D eigenvalue weighted by molar-refractivity contribution is 0.894. The lowest BCUT2D eigenvalue weighted by atomic mass is 10.2. The van der Waals surface area contributed by atoms with Crippen molar-refractivity contribution < 1.29 is 0 Å². The fraction of sp³-hybridized carbons (Fsp3) is 0.231. The summed E-state index contributed by atoms with van der Waals surface area (Å²) >= 11 is 7.73. The molecule has 0 aliphatic heterocycles.